The second kappa shape index (κ2) is 12.4. The van der Waals surface area contributed by atoms with E-state index in [9.17, 15) is 9.59 Å². The normalized spacial score (nSPS) is 15.3. The van der Waals surface area contributed by atoms with Gasteiger partial charge in [-0.1, -0.05) is 19.6 Å². The molecular weight excluding hydrogens is 260 g/mol. The van der Waals surface area contributed by atoms with Crippen molar-refractivity contribution in [3.05, 3.63) is 25.3 Å². The molecule has 1 saturated heterocycles. The van der Waals surface area contributed by atoms with Gasteiger partial charge in [-0.15, -0.1) is 0 Å². The van der Waals surface area contributed by atoms with E-state index in [1.165, 1.54) is 6.08 Å². The lowest BCUT2D eigenvalue weighted by atomic mass is 10.2. The van der Waals surface area contributed by atoms with Gasteiger partial charge >= 0.3 is 11.9 Å². The molecule has 0 N–H and O–H groups in total. The number of esters is 2. The summed E-state index contributed by atoms with van der Waals surface area (Å²) in [5, 5.41) is 0. The fraction of sp³-hybridized carbons (Fsp3) is 0.600. The maximum Gasteiger partial charge on any atom is 0.330 e. The number of hydrogen-bond donors (Lipinski definition) is 0. The molecule has 0 saturated carbocycles. The van der Waals surface area contributed by atoms with Crippen LogP contribution in [0.4, 0.5) is 0 Å². The summed E-state index contributed by atoms with van der Waals surface area (Å²) in [6, 6.07) is 0. The maximum atomic E-state index is 10.6. The molecule has 1 rings (SSSR count). The predicted octanol–water partition coefficient (Wildman–Crippen LogP) is 2.41. The summed E-state index contributed by atoms with van der Waals surface area (Å²) < 4.78 is 14.3. The SMILES string of the molecule is C=CC(=O)OCC.C=CC(=O)OCCCCCC1CO1. The van der Waals surface area contributed by atoms with Gasteiger partial charge in [-0.05, 0) is 26.2 Å². The average molecular weight is 284 g/mol. The van der Waals surface area contributed by atoms with E-state index in [1.807, 2.05) is 0 Å². The molecule has 1 atom stereocenters. The smallest absolute Gasteiger partial charge is 0.330 e. The van der Waals surface area contributed by atoms with E-state index in [1.54, 1.807) is 6.92 Å². The Labute approximate surface area is 120 Å². The van der Waals surface area contributed by atoms with E-state index in [2.05, 4.69) is 17.9 Å². The number of epoxide rings is 1. The van der Waals surface area contributed by atoms with Gasteiger partial charge in [0.05, 0.1) is 25.9 Å². The Kier molecular flexibility index (Phi) is 11.4. The molecule has 0 radical (unpaired) electrons. The van der Waals surface area contributed by atoms with Crippen LogP contribution in [-0.2, 0) is 23.8 Å². The minimum atomic E-state index is -0.359. The van der Waals surface area contributed by atoms with E-state index >= 15 is 0 Å². The predicted molar refractivity (Wildman–Crippen MR) is 76.2 cm³/mol. The standard InChI is InChI=1S/C10H16O3.C5H8O2/c1-2-10(11)12-7-5-3-4-6-9-8-13-9;1-3-5(6)7-4-2/h2,9H,1,3-8H2;3H,1,4H2,2H3. The third-order valence-electron chi connectivity index (χ3n) is 2.44. The van der Waals surface area contributed by atoms with Gasteiger partial charge in [-0.25, -0.2) is 9.59 Å². The third kappa shape index (κ3) is 12.8. The molecule has 114 valence electrons. The summed E-state index contributed by atoms with van der Waals surface area (Å²) in [6.07, 6.45) is 7.21. The summed E-state index contributed by atoms with van der Waals surface area (Å²) in [7, 11) is 0. The van der Waals surface area contributed by atoms with Crippen molar-refractivity contribution in [2.24, 2.45) is 0 Å². The number of carbonyl (C=O) groups excluding carboxylic acids is 2. The lowest BCUT2D eigenvalue weighted by molar-refractivity contribution is -0.138. The molecule has 20 heavy (non-hydrogen) atoms. The highest BCUT2D eigenvalue weighted by atomic mass is 16.6. The quantitative estimate of drug-likeness (QED) is 0.281. The largest absolute Gasteiger partial charge is 0.463 e. The van der Waals surface area contributed by atoms with Crippen LogP contribution in [-0.4, -0.2) is 37.9 Å². The Balaban J connectivity index is 0.000000441. The van der Waals surface area contributed by atoms with Crippen LogP contribution >= 0.6 is 0 Å². The van der Waals surface area contributed by atoms with Crippen molar-refractivity contribution in [2.75, 3.05) is 19.8 Å². The van der Waals surface area contributed by atoms with Crippen LogP contribution in [0.2, 0.25) is 0 Å². The van der Waals surface area contributed by atoms with E-state index in [4.69, 9.17) is 9.47 Å². The van der Waals surface area contributed by atoms with Gasteiger partial charge in [0, 0.05) is 12.2 Å². The van der Waals surface area contributed by atoms with Gasteiger partial charge in [-0.2, -0.15) is 0 Å². The molecule has 0 bridgehead atoms. The molecule has 0 aliphatic carbocycles. The Morgan fingerprint density at radius 1 is 1.15 bits per heavy atom. The van der Waals surface area contributed by atoms with Gasteiger partial charge in [0.1, 0.15) is 0 Å². The second-order valence-corrected chi connectivity index (χ2v) is 4.13. The molecule has 1 heterocycles. The molecule has 1 aliphatic rings. The fourth-order valence-electron chi connectivity index (χ4n) is 1.32. The zero-order chi connectivity index (χ0) is 15.2. The lowest BCUT2D eigenvalue weighted by Gasteiger charge is -2.00. The minimum Gasteiger partial charge on any atom is -0.463 e. The first-order valence-electron chi connectivity index (χ1n) is 6.84. The van der Waals surface area contributed by atoms with E-state index in [0.29, 0.717) is 19.3 Å². The molecule has 5 heteroatoms. The van der Waals surface area contributed by atoms with E-state index < -0.39 is 0 Å². The van der Waals surface area contributed by atoms with Crippen LogP contribution in [0.1, 0.15) is 32.6 Å². The van der Waals surface area contributed by atoms with Crippen molar-refractivity contribution in [2.45, 2.75) is 38.7 Å². The Morgan fingerprint density at radius 3 is 2.20 bits per heavy atom. The number of rotatable bonds is 9. The monoisotopic (exact) mass is 284 g/mol. The molecule has 0 aromatic heterocycles. The highest BCUT2D eigenvalue weighted by Gasteiger charge is 2.20. The molecular formula is C15H24O5. The molecule has 0 amide bonds. The van der Waals surface area contributed by atoms with Crippen LogP contribution < -0.4 is 0 Å². The van der Waals surface area contributed by atoms with Gasteiger partial charge < -0.3 is 14.2 Å². The first-order valence-corrected chi connectivity index (χ1v) is 6.84. The zero-order valence-corrected chi connectivity index (χ0v) is 12.1. The van der Waals surface area contributed by atoms with Crippen LogP contribution in [0, 0.1) is 0 Å². The lowest BCUT2D eigenvalue weighted by Crippen LogP contribution is -2.01. The van der Waals surface area contributed by atoms with Crippen molar-refractivity contribution in [3.8, 4) is 0 Å². The van der Waals surface area contributed by atoms with Crippen molar-refractivity contribution in [1.29, 1.82) is 0 Å². The Bertz CT molecular complexity index is 307. The summed E-state index contributed by atoms with van der Waals surface area (Å²) in [5.41, 5.74) is 0. The van der Waals surface area contributed by atoms with Gasteiger partial charge in [0.15, 0.2) is 0 Å². The van der Waals surface area contributed by atoms with E-state index in [0.717, 1.165) is 38.4 Å². The fourth-order valence-corrected chi connectivity index (χ4v) is 1.32. The maximum absolute atomic E-state index is 10.6. The highest BCUT2D eigenvalue weighted by Crippen LogP contribution is 2.16. The third-order valence-corrected chi connectivity index (χ3v) is 2.44. The highest BCUT2D eigenvalue weighted by molar-refractivity contribution is 5.81. The van der Waals surface area contributed by atoms with Crippen LogP contribution in [0.3, 0.4) is 0 Å². The number of hydrogen-bond acceptors (Lipinski definition) is 5. The zero-order valence-electron chi connectivity index (χ0n) is 12.1. The van der Waals surface area contributed by atoms with Gasteiger partial charge in [0.2, 0.25) is 0 Å². The molecule has 1 unspecified atom stereocenters. The van der Waals surface area contributed by atoms with Gasteiger partial charge in [0.25, 0.3) is 0 Å². The van der Waals surface area contributed by atoms with Crippen molar-refractivity contribution in [1.82, 2.24) is 0 Å². The van der Waals surface area contributed by atoms with Crippen LogP contribution in [0.5, 0.6) is 0 Å². The molecule has 0 aromatic rings. The summed E-state index contributed by atoms with van der Waals surface area (Å²) in [6.45, 7) is 10.1. The van der Waals surface area contributed by atoms with Gasteiger partial charge in [-0.3, -0.25) is 0 Å². The first kappa shape index (κ1) is 18.4. The van der Waals surface area contributed by atoms with Crippen LogP contribution in [0.25, 0.3) is 0 Å². The Hall–Kier alpha value is -1.62. The number of carbonyl (C=O) groups is 2. The molecule has 1 aliphatic heterocycles. The van der Waals surface area contributed by atoms with Crippen molar-refractivity contribution in [3.63, 3.8) is 0 Å². The number of ether oxygens (including phenoxy) is 3. The topological polar surface area (TPSA) is 65.1 Å². The summed E-state index contributed by atoms with van der Waals surface area (Å²) in [5.74, 6) is -0.687. The average Bonchev–Trinajstić information content (AvgIpc) is 3.27. The Morgan fingerprint density at radius 2 is 1.75 bits per heavy atom. The van der Waals surface area contributed by atoms with Crippen LogP contribution in [0.15, 0.2) is 25.3 Å². The second-order valence-electron chi connectivity index (χ2n) is 4.13. The number of unbranched alkanes of at least 4 members (excludes halogenated alkanes) is 2. The van der Waals surface area contributed by atoms with E-state index in [-0.39, 0.29) is 11.9 Å². The minimum absolute atomic E-state index is 0.328. The molecule has 1 fully saturated rings. The first-order chi connectivity index (χ1) is 9.63. The molecule has 0 aromatic carbocycles. The van der Waals surface area contributed by atoms with Crippen molar-refractivity contribution < 1.29 is 23.8 Å². The summed E-state index contributed by atoms with van der Waals surface area (Å²) in [4.78, 5) is 20.7. The summed E-state index contributed by atoms with van der Waals surface area (Å²) >= 11 is 0. The molecule has 0 spiro atoms. The molecule has 5 nitrogen and oxygen atoms in total. The van der Waals surface area contributed by atoms with Crippen molar-refractivity contribution >= 4 is 11.9 Å².